The smallest absolute Gasteiger partial charge is 0.312 e. The van der Waals surface area contributed by atoms with Crippen molar-refractivity contribution in [3.8, 4) is 0 Å². The SMILES string of the molecule is Cc1ccc(C(C)N(C)C(=O)CC(=O)O)s1. The second kappa shape index (κ2) is 5.12. The summed E-state index contributed by atoms with van der Waals surface area (Å²) < 4.78 is 0. The molecule has 1 atom stereocenters. The molecular formula is C11H15NO3S. The zero-order chi connectivity index (χ0) is 12.3. The van der Waals surface area contributed by atoms with Crippen molar-refractivity contribution < 1.29 is 14.7 Å². The Kier molecular flexibility index (Phi) is 4.06. The van der Waals surface area contributed by atoms with Crippen molar-refractivity contribution in [2.75, 3.05) is 7.05 Å². The van der Waals surface area contributed by atoms with Crippen LogP contribution < -0.4 is 0 Å². The van der Waals surface area contributed by atoms with E-state index in [1.165, 1.54) is 9.78 Å². The molecule has 1 N–H and O–H groups in total. The fraction of sp³-hybridized carbons (Fsp3) is 0.455. The number of carboxylic acids is 1. The van der Waals surface area contributed by atoms with E-state index >= 15 is 0 Å². The number of hydrogen-bond acceptors (Lipinski definition) is 3. The number of hydrogen-bond donors (Lipinski definition) is 1. The summed E-state index contributed by atoms with van der Waals surface area (Å²) in [6.45, 7) is 3.89. The van der Waals surface area contributed by atoms with Gasteiger partial charge in [0.25, 0.3) is 0 Å². The molecule has 0 radical (unpaired) electrons. The fourth-order valence-corrected chi connectivity index (χ4v) is 2.31. The summed E-state index contributed by atoms with van der Waals surface area (Å²) in [5.74, 6) is -1.46. The molecule has 16 heavy (non-hydrogen) atoms. The van der Waals surface area contributed by atoms with Gasteiger partial charge in [0, 0.05) is 16.8 Å². The number of thiophene rings is 1. The van der Waals surface area contributed by atoms with E-state index in [0.717, 1.165) is 4.88 Å². The van der Waals surface area contributed by atoms with Crippen molar-refractivity contribution in [1.82, 2.24) is 4.90 Å². The minimum absolute atomic E-state index is 0.0782. The third kappa shape index (κ3) is 3.06. The second-order valence-corrected chi connectivity index (χ2v) is 5.02. The molecular weight excluding hydrogens is 226 g/mol. The number of carbonyl (C=O) groups excluding carboxylic acids is 1. The fourth-order valence-electron chi connectivity index (χ4n) is 1.34. The van der Waals surface area contributed by atoms with E-state index in [-0.39, 0.29) is 11.9 Å². The van der Waals surface area contributed by atoms with Gasteiger partial charge < -0.3 is 10.0 Å². The van der Waals surface area contributed by atoms with Gasteiger partial charge in [-0.05, 0) is 26.0 Å². The molecule has 1 heterocycles. The average molecular weight is 241 g/mol. The minimum Gasteiger partial charge on any atom is -0.481 e. The Morgan fingerprint density at radius 1 is 1.50 bits per heavy atom. The Bertz CT molecular complexity index is 400. The Labute approximate surface area is 98.5 Å². The molecule has 0 fully saturated rings. The summed E-state index contributed by atoms with van der Waals surface area (Å²) in [5.41, 5.74) is 0. The first-order valence-corrected chi connectivity index (χ1v) is 5.77. The van der Waals surface area contributed by atoms with E-state index in [9.17, 15) is 9.59 Å². The van der Waals surface area contributed by atoms with Crippen LogP contribution in [0, 0.1) is 6.92 Å². The van der Waals surface area contributed by atoms with Gasteiger partial charge in [-0.1, -0.05) is 0 Å². The van der Waals surface area contributed by atoms with Gasteiger partial charge in [0.15, 0.2) is 0 Å². The van der Waals surface area contributed by atoms with Crippen molar-refractivity contribution in [2.24, 2.45) is 0 Å². The molecule has 1 rings (SSSR count). The highest BCUT2D eigenvalue weighted by Gasteiger charge is 2.20. The molecule has 1 unspecified atom stereocenters. The summed E-state index contributed by atoms with van der Waals surface area (Å²) in [5, 5.41) is 8.54. The monoisotopic (exact) mass is 241 g/mol. The van der Waals surface area contributed by atoms with E-state index in [2.05, 4.69) is 0 Å². The quantitative estimate of drug-likeness (QED) is 0.821. The number of carbonyl (C=O) groups is 2. The highest BCUT2D eigenvalue weighted by Crippen LogP contribution is 2.26. The molecule has 0 aliphatic rings. The largest absolute Gasteiger partial charge is 0.481 e. The molecule has 4 nitrogen and oxygen atoms in total. The van der Waals surface area contributed by atoms with Gasteiger partial charge in [-0.15, -0.1) is 11.3 Å². The average Bonchev–Trinajstić information content (AvgIpc) is 2.61. The summed E-state index contributed by atoms with van der Waals surface area (Å²) in [4.78, 5) is 25.7. The van der Waals surface area contributed by atoms with Gasteiger partial charge in [-0.3, -0.25) is 9.59 Å². The minimum atomic E-state index is -1.09. The Balaban J connectivity index is 2.70. The molecule has 1 amide bonds. The maximum atomic E-state index is 11.5. The standard InChI is InChI=1S/C11H15NO3S/c1-7-4-5-9(16-7)8(2)12(3)10(13)6-11(14)15/h4-5,8H,6H2,1-3H3,(H,14,15). The Morgan fingerprint density at radius 3 is 2.56 bits per heavy atom. The lowest BCUT2D eigenvalue weighted by Crippen LogP contribution is -2.30. The summed E-state index contributed by atoms with van der Waals surface area (Å²) >= 11 is 1.62. The van der Waals surface area contributed by atoms with Crippen LogP contribution in [0.25, 0.3) is 0 Å². The first kappa shape index (κ1) is 12.7. The molecule has 88 valence electrons. The highest BCUT2D eigenvalue weighted by molar-refractivity contribution is 7.12. The lowest BCUT2D eigenvalue weighted by molar-refractivity contribution is -0.144. The molecule has 0 aromatic carbocycles. The number of carboxylic acid groups (broad SMARTS) is 1. The zero-order valence-corrected chi connectivity index (χ0v) is 10.4. The Hall–Kier alpha value is -1.36. The first-order valence-electron chi connectivity index (χ1n) is 4.95. The lowest BCUT2D eigenvalue weighted by atomic mass is 10.2. The van der Waals surface area contributed by atoms with Crippen LogP contribution in [0.3, 0.4) is 0 Å². The van der Waals surface area contributed by atoms with Gasteiger partial charge in [-0.2, -0.15) is 0 Å². The number of aryl methyl sites for hydroxylation is 1. The van der Waals surface area contributed by atoms with Gasteiger partial charge in [0.2, 0.25) is 5.91 Å². The van der Waals surface area contributed by atoms with Gasteiger partial charge >= 0.3 is 5.97 Å². The third-order valence-corrected chi connectivity index (χ3v) is 3.62. The van der Waals surface area contributed by atoms with Crippen molar-refractivity contribution in [1.29, 1.82) is 0 Å². The maximum absolute atomic E-state index is 11.5. The number of nitrogens with zero attached hydrogens (tertiary/aromatic N) is 1. The zero-order valence-electron chi connectivity index (χ0n) is 9.56. The summed E-state index contributed by atoms with van der Waals surface area (Å²) in [6, 6.07) is 3.88. The van der Waals surface area contributed by atoms with E-state index in [1.807, 2.05) is 26.0 Å². The van der Waals surface area contributed by atoms with Crippen LogP contribution in [0.4, 0.5) is 0 Å². The third-order valence-electron chi connectivity index (χ3n) is 2.45. The number of amides is 1. The normalized spacial score (nSPS) is 12.2. The van der Waals surface area contributed by atoms with Crippen LogP contribution in [0.2, 0.25) is 0 Å². The van der Waals surface area contributed by atoms with Crippen LogP contribution in [0.5, 0.6) is 0 Å². The van der Waals surface area contributed by atoms with Gasteiger partial charge in [-0.25, -0.2) is 0 Å². The molecule has 0 aliphatic carbocycles. The van der Waals surface area contributed by atoms with Crippen molar-refractivity contribution in [3.05, 3.63) is 21.9 Å². The predicted octanol–water partition coefficient (Wildman–Crippen LogP) is 2.05. The van der Waals surface area contributed by atoms with Crippen LogP contribution in [-0.2, 0) is 9.59 Å². The first-order chi connectivity index (χ1) is 7.41. The molecule has 1 aromatic rings. The number of aliphatic carboxylic acids is 1. The molecule has 0 bridgehead atoms. The molecule has 1 aromatic heterocycles. The van der Waals surface area contributed by atoms with Crippen LogP contribution in [-0.4, -0.2) is 28.9 Å². The van der Waals surface area contributed by atoms with Crippen molar-refractivity contribution >= 4 is 23.2 Å². The van der Waals surface area contributed by atoms with E-state index in [4.69, 9.17) is 5.11 Å². The molecule has 0 saturated heterocycles. The second-order valence-electron chi connectivity index (χ2n) is 3.70. The Morgan fingerprint density at radius 2 is 2.12 bits per heavy atom. The van der Waals surface area contributed by atoms with Gasteiger partial charge in [0.05, 0.1) is 6.04 Å². The van der Waals surface area contributed by atoms with E-state index in [1.54, 1.807) is 18.4 Å². The molecule has 0 spiro atoms. The van der Waals surface area contributed by atoms with Crippen molar-refractivity contribution in [3.63, 3.8) is 0 Å². The van der Waals surface area contributed by atoms with Gasteiger partial charge in [0.1, 0.15) is 6.42 Å². The maximum Gasteiger partial charge on any atom is 0.312 e. The predicted molar refractivity (Wildman–Crippen MR) is 62.5 cm³/mol. The molecule has 0 saturated carbocycles. The summed E-state index contributed by atoms with van der Waals surface area (Å²) in [6.07, 6.45) is -0.453. The van der Waals surface area contributed by atoms with Crippen molar-refractivity contribution in [2.45, 2.75) is 26.3 Å². The highest BCUT2D eigenvalue weighted by atomic mass is 32.1. The lowest BCUT2D eigenvalue weighted by Gasteiger charge is -2.23. The van der Waals surface area contributed by atoms with Crippen LogP contribution in [0.1, 0.15) is 29.1 Å². The molecule has 5 heteroatoms. The van der Waals surface area contributed by atoms with Crippen LogP contribution >= 0.6 is 11.3 Å². The summed E-state index contributed by atoms with van der Waals surface area (Å²) in [7, 11) is 1.63. The topological polar surface area (TPSA) is 57.6 Å². The van der Waals surface area contributed by atoms with E-state index < -0.39 is 12.4 Å². The van der Waals surface area contributed by atoms with E-state index in [0.29, 0.717) is 0 Å². The number of rotatable bonds is 4. The molecule has 0 aliphatic heterocycles. The van der Waals surface area contributed by atoms with Crippen LogP contribution in [0.15, 0.2) is 12.1 Å².